The third kappa shape index (κ3) is 4.48. The summed E-state index contributed by atoms with van der Waals surface area (Å²) in [5, 5.41) is 10.7. The number of carbonyl (C=O) groups excluding carboxylic acids is 3. The first-order chi connectivity index (χ1) is 13.6. The molecular weight excluding hydrogens is 378 g/mol. The topological polar surface area (TPSA) is 102 Å². The lowest BCUT2D eigenvalue weighted by atomic mass is 9.85. The number of hydrogen-bond donors (Lipinski definition) is 1. The van der Waals surface area contributed by atoms with Gasteiger partial charge in [-0.25, -0.2) is 9.59 Å². The van der Waals surface area contributed by atoms with Crippen LogP contribution in [-0.2, 0) is 28.6 Å². The summed E-state index contributed by atoms with van der Waals surface area (Å²) in [7, 11) is 1.36. The summed E-state index contributed by atoms with van der Waals surface area (Å²) in [5.74, 6) is -1.89. The minimum Gasteiger partial charge on any atom is -0.469 e. The summed E-state index contributed by atoms with van der Waals surface area (Å²) in [5.41, 5.74) is -0.928. The number of ether oxygens (including phenoxy) is 3. The highest BCUT2D eigenvalue weighted by Crippen LogP contribution is 2.40. The molecule has 0 aromatic rings. The van der Waals surface area contributed by atoms with Crippen LogP contribution in [0, 0.1) is 11.8 Å². The van der Waals surface area contributed by atoms with E-state index in [2.05, 4.69) is 4.90 Å². The van der Waals surface area contributed by atoms with Gasteiger partial charge < -0.3 is 19.3 Å². The molecule has 1 N–H and O–H groups in total. The molecule has 2 fully saturated rings. The molecule has 0 bridgehead atoms. The summed E-state index contributed by atoms with van der Waals surface area (Å²) in [6, 6.07) is -0.178. The molecule has 0 aromatic heterocycles. The zero-order valence-corrected chi connectivity index (χ0v) is 17.6. The minimum absolute atomic E-state index is 0.0514. The second-order valence-corrected chi connectivity index (χ2v) is 8.76. The van der Waals surface area contributed by atoms with Crippen molar-refractivity contribution in [2.24, 2.45) is 11.8 Å². The van der Waals surface area contributed by atoms with Gasteiger partial charge in [0, 0.05) is 24.6 Å². The highest BCUT2D eigenvalue weighted by atomic mass is 16.6. The third-order valence-corrected chi connectivity index (χ3v) is 6.65. The Morgan fingerprint density at radius 1 is 1.41 bits per heavy atom. The van der Waals surface area contributed by atoms with Gasteiger partial charge in [-0.2, -0.15) is 0 Å². The van der Waals surface area contributed by atoms with E-state index < -0.39 is 23.5 Å². The van der Waals surface area contributed by atoms with E-state index in [1.165, 1.54) is 20.1 Å². The summed E-state index contributed by atoms with van der Waals surface area (Å²) < 4.78 is 16.1. The molecule has 3 rings (SSSR count). The van der Waals surface area contributed by atoms with Gasteiger partial charge in [-0.05, 0) is 39.0 Å². The van der Waals surface area contributed by atoms with E-state index in [0.717, 1.165) is 5.57 Å². The summed E-state index contributed by atoms with van der Waals surface area (Å²) in [6.45, 7) is 5.80. The molecule has 3 heterocycles. The number of carbonyl (C=O) groups is 3. The van der Waals surface area contributed by atoms with Crippen molar-refractivity contribution in [3.05, 3.63) is 11.6 Å². The molecule has 8 nitrogen and oxygen atoms in total. The van der Waals surface area contributed by atoms with Gasteiger partial charge in [0.1, 0.15) is 6.10 Å². The summed E-state index contributed by atoms with van der Waals surface area (Å²) >= 11 is 0. The summed E-state index contributed by atoms with van der Waals surface area (Å²) in [4.78, 5) is 39.1. The molecule has 3 aliphatic heterocycles. The Kier molecular flexibility index (Phi) is 6.33. The molecule has 29 heavy (non-hydrogen) atoms. The molecule has 0 radical (unpaired) electrons. The van der Waals surface area contributed by atoms with Crippen LogP contribution in [0.3, 0.4) is 0 Å². The van der Waals surface area contributed by atoms with E-state index >= 15 is 0 Å². The van der Waals surface area contributed by atoms with E-state index in [0.29, 0.717) is 25.8 Å². The maximum absolute atomic E-state index is 12.6. The van der Waals surface area contributed by atoms with E-state index in [1.54, 1.807) is 13.8 Å². The van der Waals surface area contributed by atoms with E-state index in [4.69, 9.17) is 14.2 Å². The lowest BCUT2D eigenvalue weighted by Gasteiger charge is -2.29. The molecule has 2 saturated heterocycles. The fourth-order valence-electron chi connectivity index (χ4n) is 4.86. The van der Waals surface area contributed by atoms with Crippen LogP contribution in [0.2, 0.25) is 0 Å². The third-order valence-electron chi connectivity index (χ3n) is 6.65. The molecule has 6 atom stereocenters. The number of rotatable bonds is 2. The Balaban J connectivity index is 1.87. The molecule has 0 saturated carbocycles. The molecule has 0 spiro atoms. The number of nitrogens with zero attached hydrogens (tertiary/aromatic N) is 1. The first-order valence-electron chi connectivity index (χ1n) is 10.2. The number of aliphatic hydroxyl groups is 1. The lowest BCUT2D eigenvalue weighted by molar-refractivity contribution is -0.171. The molecule has 0 aromatic carbocycles. The van der Waals surface area contributed by atoms with Crippen molar-refractivity contribution in [1.82, 2.24) is 4.90 Å². The standard InChI is InChI=1S/C21H31NO7/c1-12-7-13(2)21(3,26)20(25)28-11-14-9-15(10-17(23)27-4)22-6-5-16(19(14)22)29-18(24)8-12/h8,13-16,19,26H,5-7,9-11H2,1-4H3/b12-8-. The van der Waals surface area contributed by atoms with Crippen molar-refractivity contribution < 1.29 is 33.7 Å². The Morgan fingerprint density at radius 2 is 2.14 bits per heavy atom. The molecule has 8 heteroatoms. The fourth-order valence-corrected chi connectivity index (χ4v) is 4.86. The molecule has 3 aliphatic rings. The van der Waals surface area contributed by atoms with E-state index in [-0.39, 0.29) is 43.1 Å². The number of methoxy groups -OCH3 is 1. The monoisotopic (exact) mass is 409 g/mol. The predicted octanol–water partition coefficient (Wildman–Crippen LogP) is 1.20. The van der Waals surface area contributed by atoms with Crippen molar-refractivity contribution in [2.45, 2.75) is 70.2 Å². The van der Waals surface area contributed by atoms with Crippen molar-refractivity contribution in [2.75, 3.05) is 20.3 Å². The maximum atomic E-state index is 12.6. The Hall–Kier alpha value is -1.93. The van der Waals surface area contributed by atoms with Crippen LogP contribution in [0.4, 0.5) is 0 Å². The van der Waals surface area contributed by atoms with Crippen molar-refractivity contribution in [3.63, 3.8) is 0 Å². The van der Waals surface area contributed by atoms with Gasteiger partial charge in [-0.3, -0.25) is 9.69 Å². The lowest BCUT2D eigenvalue weighted by Crippen LogP contribution is -2.44. The Bertz CT molecular complexity index is 701. The van der Waals surface area contributed by atoms with Crippen molar-refractivity contribution in [3.8, 4) is 0 Å². The van der Waals surface area contributed by atoms with Crippen molar-refractivity contribution >= 4 is 17.9 Å². The molecule has 162 valence electrons. The van der Waals surface area contributed by atoms with Gasteiger partial charge in [-0.15, -0.1) is 0 Å². The van der Waals surface area contributed by atoms with Gasteiger partial charge in [-0.1, -0.05) is 12.5 Å². The van der Waals surface area contributed by atoms with E-state index in [9.17, 15) is 19.5 Å². The minimum atomic E-state index is -1.66. The average molecular weight is 409 g/mol. The molecular formula is C21H31NO7. The van der Waals surface area contributed by atoms with Gasteiger partial charge in [0.05, 0.1) is 26.2 Å². The number of allylic oxidation sites excluding steroid dienone is 1. The maximum Gasteiger partial charge on any atom is 0.338 e. The van der Waals surface area contributed by atoms with Crippen LogP contribution in [-0.4, -0.2) is 72.0 Å². The normalized spacial score (nSPS) is 40.4. The first-order valence-corrected chi connectivity index (χ1v) is 10.2. The fraction of sp³-hybridized carbons (Fsp3) is 0.762. The number of cyclic esters (lactones) is 1. The van der Waals surface area contributed by atoms with Gasteiger partial charge in [0.15, 0.2) is 5.60 Å². The molecule has 0 amide bonds. The number of hydrogen-bond acceptors (Lipinski definition) is 8. The van der Waals surface area contributed by atoms with Crippen LogP contribution in [0.1, 0.15) is 46.5 Å². The zero-order chi connectivity index (χ0) is 21.3. The quantitative estimate of drug-likeness (QED) is 0.536. The van der Waals surface area contributed by atoms with Gasteiger partial charge >= 0.3 is 17.9 Å². The van der Waals surface area contributed by atoms with E-state index in [1.807, 2.05) is 0 Å². The number of esters is 3. The van der Waals surface area contributed by atoms with Crippen LogP contribution < -0.4 is 0 Å². The molecule has 0 aliphatic carbocycles. The second-order valence-electron chi connectivity index (χ2n) is 8.76. The van der Waals surface area contributed by atoms with Crippen LogP contribution >= 0.6 is 0 Å². The average Bonchev–Trinajstić information content (AvgIpc) is 3.20. The van der Waals surface area contributed by atoms with Gasteiger partial charge in [0.25, 0.3) is 0 Å². The second kappa shape index (κ2) is 8.44. The van der Waals surface area contributed by atoms with Crippen LogP contribution in [0.15, 0.2) is 11.6 Å². The van der Waals surface area contributed by atoms with Gasteiger partial charge in [0.2, 0.25) is 0 Å². The highest BCUT2D eigenvalue weighted by Gasteiger charge is 2.51. The first kappa shape index (κ1) is 21.8. The highest BCUT2D eigenvalue weighted by molar-refractivity contribution is 5.83. The zero-order valence-electron chi connectivity index (χ0n) is 17.6. The Labute approximate surface area is 171 Å². The van der Waals surface area contributed by atoms with Crippen molar-refractivity contribution in [1.29, 1.82) is 0 Å². The summed E-state index contributed by atoms with van der Waals surface area (Å²) in [6.07, 6.45) is 3.03. The van der Waals surface area contributed by atoms with Crippen LogP contribution in [0.5, 0.6) is 0 Å². The predicted molar refractivity (Wildman–Crippen MR) is 103 cm³/mol. The largest absolute Gasteiger partial charge is 0.469 e. The smallest absolute Gasteiger partial charge is 0.338 e. The Morgan fingerprint density at radius 3 is 2.83 bits per heavy atom. The molecule has 6 unspecified atom stereocenters. The SMILES string of the molecule is COC(=O)CC1CC2COC(=O)C(C)(O)C(C)C/C(C)=C\C(=O)OC3CCN1C23. The van der Waals surface area contributed by atoms with Crippen LogP contribution in [0.25, 0.3) is 0 Å².